The van der Waals surface area contributed by atoms with Crippen LogP contribution < -0.4 is 4.90 Å². The number of rotatable bonds is 2. The zero-order valence-electron chi connectivity index (χ0n) is 7.93. The van der Waals surface area contributed by atoms with E-state index in [9.17, 15) is 4.79 Å². The second kappa shape index (κ2) is 3.32. The zero-order chi connectivity index (χ0) is 10.1. The third-order valence-corrected chi connectivity index (χ3v) is 2.51. The fourth-order valence-corrected chi connectivity index (χ4v) is 1.71. The molecule has 0 bridgehead atoms. The number of carboxylic acids is 1. The van der Waals surface area contributed by atoms with Crippen LogP contribution in [0.25, 0.3) is 0 Å². The number of aromatic carboxylic acids is 1. The maximum atomic E-state index is 10.6. The standard InChI is InChI=1S/C9H12N2O3/c1-6-3-2-4-11(6)9-10-7(5-14-9)8(12)13/h5-6H,2-4H2,1H3,(H,12,13). The molecule has 2 heterocycles. The summed E-state index contributed by atoms with van der Waals surface area (Å²) in [5.41, 5.74) is -0.0286. The summed E-state index contributed by atoms with van der Waals surface area (Å²) in [6.07, 6.45) is 3.39. The van der Waals surface area contributed by atoms with Gasteiger partial charge in [0.2, 0.25) is 0 Å². The Bertz CT molecular complexity index is 348. The molecule has 0 radical (unpaired) electrons. The van der Waals surface area contributed by atoms with E-state index < -0.39 is 5.97 Å². The van der Waals surface area contributed by atoms with Crippen molar-refractivity contribution in [3.05, 3.63) is 12.0 Å². The van der Waals surface area contributed by atoms with Crippen LogP contribution in [0.15, 0.2) is 10.7 Å². The normalized spacial score (nSPS) is 21.5. The van der Waals surface area contributed by atoms with Crippen molar-refractivity contribution in [1.82, 2.24) is 4.98 Å². The fourth-order valence-electron chi connectivity index (χ4n) is 1.71. The molecule has 1 aromatic heterocycles. The van der Waals surface area contributed by atoms with Crippen molar-refractivity contribution < 1.29 is 14.3 Å². The Balaban J connectivity index is 2.20. The molecule has 1 unspecified atom stereocenters. The Kier molecular flexibility index (Phi) is 2.15. The summed E-state index contributed by atoms with van der Waals surface area (Å²) in [6, 6.07) is 0.808. The molecule has 1 atom stereocenters. The highest BCUT2D eigenvalue weighted by molar-refractivity contribution is 5.85. The van der Waals surface area contributed by atoms with Crippen molar-refractivity contribution in [1.29, 1.82) is 0 Å². The number of oxazole rings is 1. The average Bonchev–Trinajstić information content (AvgIpc) is 2.71. The molecule has 0 aromatic carbocycles. The van der Waals surface area contributed by atoms with Crippen molar-refractivity contribution in [3.8, 4) is 0 Å². The first kappa shape index (κ1) is 9.05. The topological polar surface area (TPSA) is 66.6 Å². The summed E-state index contributed by atoms with van der Waals surface area (Å²) in [7, 11) is 0. The quantitative estimate of drug-likeness (QED) is 0.773. The van der Waals surface area contributed by atoms with Crippen LogP contribution >= 0.6 is 0 Å². The highest BCUT2D eigenvalue weighted by Gasteiger charge is 2.25. The fraction of sp³-hybridized carbons (Fsp3) is 0.556. The number of carbonyl (C=O) groups is 1. The van der Waals surface area contributed by atoms with Crippen LogP contribution in [0.1, 0.15) is 30.3 Å². The van der Waals surface area contributed by atoms with Crippen LogP contribution in [0.3, 0.4) is 0 Å². The van der Waals surface area contributed by atoms with Gasteiger partial charge in [0.15, 0.2) is 5.69 Å². The number of anilines is 1. The lowest BCUT2D eigenvalue weighted by atomic mass is 10.2. The lowest BCUT2D eigenvalue weighted by Gasteiger charge is -2.18. The highest BCUT2D eigenvalue weighted by atomic mass is 16.4. The summed E-state index contributed by atoms with van der Waals surface area (Å²) in [6.45, 7) is 2.97. The van der Waals surface area contributed by atoms with Crippen LogP contribution in [0.2, 0.25) is 0 Å². The molecule has 1 aliphatic heterocycles. The van der Waals surface area contributed by atoms with Crippen molar-refractivity contribution in [2.24, 2.45) is 0 Å². The molecular weight excluding hydrogens is 184 g/mol. The third kappa shape index (κ3) is 1.45. The van der Waals surface area contributed by atoms with E-state index in [4.69, 9.17) is 9.52 Å². The molecule has 5 nitrogen and oxygen atoms in total. The van der Waals surface area contributed by atoms with E-state index in [0.29, 0.717) is 12.1 Å². The molecular formula is C9H12N2O3. The minimum atomic E-state index is -1.05. The number of nitrogens with zero attached hydrogens (tertiary/aromatic N) is 2. The second-order valence-electron chi connectivity index (χ2n) is 3.51. The minimum Gasteiger partial charge on any atom is -0.476 e. The van der Waals surface area contributed by atoms with Crippen molar-refractivity contribution in [2.75, 3.05) is 11.4 Å². The SMILES string of the molecule is CC1CCCN1c1nc(C(=O)O)co1. The Labute approximate surface area is 81.3 Å². The van der Waals surface area contributed by atoms with E-state index in [-0.39, 0.29) is 5.69 Å². The molecule has 1 fully saturated rings. The monoisotopic (exact) mass is 196 g/mol. The minimum absolute atomic E-state index is 0.0286. The summed E-state index contributed by atoms with van der Waals surface area (Å²) < 4.78 is 5.11. The predicted molar refractivity (Wildman–Crippen MR) is 49.5 cm³/mol. The van der Waals surface area contributed by atoms with Crippen LogP contribution in [0.5, 0.6) is 0 Å². The Morgan fingerprint density at radius 1 is 1.79 bits per heavy atom. The van der Waals surface area contributed by atoms with Crippen molar-refractivity contribution >= 4 is 12.0 Å². The van der Waals surface area contributed by atoms with Gasteiger partial charge in [-0.15, -0.1) is 0 Å². The molecule has 14 heavy (non-hydrogen) atoms. The molecule has 1 aliphatic rings. The predicted octanol–water partition coefficient (Wildman–Crippen LogP) is 1.36. The van der Waals surface area contributed by atoms with Gasteiger partial charge in [0.25, 0.3) is 6.01 Å². The van der Waals surface area contributed by atoms with E-state index in [2.05, 4.69) is 11.9 Å². The van der Waals surface area contributed by atoms with Crippen LogP contribution in [0.4, 0.5) is 6.01 Å². The first-order valence-electron chi connectivity index (χ1n) is 4.64. The third-order valence-electron chi connectivity index (χ3n) is 2.51. The average molecular weight is 196 g/mol. The first-order chi connectivity index (χ1) is 6.68. The van der Waals surface area contributed by atoms with Crippen LogP contribution in [0, 0.1) is 0 Å². The molecule has 0 spiro atoms. The van der Waals surface area contributed by atoms with Crippen molar-refractivity contribution in [3.63, 3.8) is 0 Å². The van der Waals surface area contributed by atoms with Gasteiger partial charge in [-0.2, -0.15) is 4.98 Å². The van der Waals surface area contributed by atoms with Crippen molar-refractivity contribution in [2.45, 2.75) is 25.8 Å². The Morgan fingerprint density at radius 2 is 2.57 bits per heavy atom. The molecule has 1 saturated heterocycles. The van der Waals surface area contributed by atoms with E-state index >= 15 is 0 Å². The van der Waals surface area contributed by atoms with Gasteiger partial charge in [0.1, 0.15) is 6.26 Å². The number of aromatic nitrogens is 1. The lowest BCUT2D eigenvalue weighted by Crippen LogP contribution is -2.26. The largest absolute Gasteiger partial charge is 0.476 e. The molecule has 0 amide bonds. The zero-order valence-corrected chi connectivity index (χ0v) is 7.93. The van der Waals surface area contributed by atoms with E-state index in [0.717, 1.165) is 19.4 Å². The maximum Gasteiger partial charge on any atom is 0.357 e. The second-order valence-corrected chi connectivity index (χ2v) is 3.51. The number of hydrogen-bond donors (Lipinski definition) is 1. The van der Waals surface area contributed by atoms with Gasteiger partial charge in [-0.05, 0) is 19.8 Å². The lowest BCUT2D eigenvalue weighted by molar-refractivity contribution is 0.0690. The molecule has 1 aromatic rings. The summed E-state index contributed by atoms with van der Waals surface area (Å²) >= 11 is 0. The van der Waals surface area contributed by atoms with E-state index in [1.807, 2.05) is 4.90 Å². The van der Waals surface area contributed by atoms with Gasteiger partial charge in [-0.25, -0.2) is 4.79 Å². The summed E-state index contributed by atoms with van der Waals surface area (Å²) in [4.78, 5) is 16.5. The number of carboxylic acid groups (broad SMARTS) is 1. The molecule has 1 N–H and O–H groups in total. The molecule has 0 aliphatic carbocycles. The number of hydrogen-bond acceptors (Lipinski definition) is 4. The van der Waals surface area contributed by atoms with Gasteiger partial charge in [-0.1, -0.05) is 0 Å². The molecule has 0 saturated carbocycles. The Hall–Kier alpha value is -1.52. The Morgan fingerprint density at radius 3 is 3.07 bits per heavy atom. The van der Waals surface area contributed by atoms with Gasteiger partial charge >= 0.3 is 5.97 Å². The van der Waals surface area contributed by atoms with Gasteiger partial charge < -0.3 is 14.4 Å². The molecule has 2 rings (SSSR count). The molecule has 5 heteroatoms. The summed E-state index contributed by atoms with van der Waals surface area (Å²) in [5, 5.41) is 8.67. The smallest absolute Gasteiger partial charge is 0.357 e. The van der Waals surface area contributed by atoms with E-state index in [1.54, 1.807) is 0 Å². The molecule has 76 valence electrons. The van der Waals surface area contributed by atoms with Crippen LogP contribution in [-0.4, -0.2) is 28.6 Å². The van der Waals surface area contributed by atoms with Gasteiger partial charge in [-0.3, -0.25) is 0 Å². The van der Waals surface area contributed by atoms with Gasteiger partial charge in [0, 0.05) is 12.6 Å². The van der Waals surface area contributed by atoms with E-state index in [1.165, 1.54) is 6.26 Å². The van der Waals surface area contributed by atoms with Gasteiger partial charge in [0.05, 0.1) is 0 Å². The highest BCUT2D eigenvalue weighted by Crippen LogP contribution is 2.24. The van der Waals surface area contributed by atoms with Crippen LogP contribution in [-0.2, 0) is 0 Å². The summed E-state index contributed by atoms with van der Waals surface area (Å²) in [5.74, 6) is -1.05. The maximum absolute atomic E-state index is 10.6. The first-order valence-corrected chi connectivity index (χ1v) is 4.64.